The van der Waals surface area contributed by atoms with Gasteiger partial charge in [-0.05, 0) is 30.5 Å². The van der Waals surface area contributed by atoms with Gasteiger partial charge in [-0.3, -0.25) is 14.5 Å². The first kappa shape index (κ1) is 13.5. The first-order valence-corrected chi connectivity index (χ1v) is 6.43. The number of primary amides is 1. The van der Waals surface area contributed by atoms with Gasteiger partial charge in [0.25, 0.3) is 5.91 Å². The average molecular weight is 261 g/mol. The van der Waals surface area contributed by atoms with Crippen molar-refractivity contribution in [2.45, 2.75) is 25.4 Å². The Labute approximate surface area is 112 Å². The zero-order chi connectivity index (χ0) is 13.8. The normalized spacial score (nSPS) is 14.4. The first-order valence-electron chi connectivity index (χ1n) is 6.43. The van der Waals surface area contributed by atoms with E-state index in [1.165, 1.54) is 0 Å². The maximum Gasteiger partial charge on any atom is 0.251 e. The van der Waals surface area contributed by atoms with Crippen molar-refractivity contribution in [3.05, 3.63) is 35.4 Å². The Morgan fingerprint density at radius 1 is 1.32 bits per heavy atom. The molecule has 2 rings (SSSR count). The van der Waals surface area contributed by atoms with Crippen LogP contribution in [0.3, 0.4) is 0 Å². The maximum absolute atomic E-state index is 11.4. The third-order valence-electron chi connectivity index (χ3n) is 3.25. The molecule has 0 saturated heterocycles. The molecule has 0 aromatic heterocycles. The van der Waals surface area contributed by atoms with E-state index in [-0.39, 0.29) is 11.8 Å². The van der Waals surface area contributed by atoms with E-state index in [4.69, 9.17) is 5.73 Å². The summed E-state index contributed by atoms with van der Waals surface area (Å²) in [6.07, 6.45) is 2.26. The highest BCUT2D eigenvalue weighted by molar-refractivity contribution is 5.93. The van der Waals surface area contributed by atoms with Gasteiger partial charge in [0.15, 0.2) is 0 Å². The highest BCUT2D eigenvalue weighted by Gasteiger charge is 2.29. The summed E-state index contributed by atoms with van der Waals surface area (Å²) in [4.78, 5) is 24.6. The molecule has 0 atom stereocenters. The van der Waals surface area contributed by atoms with Crippen LogP contribution in [0.5, 0.6) is 0 Å². The van der Waals surface area contributed by atoms with Crippen molar-refractivity contribution in [1.82, 2.24) is 10.2 Å². The minimum absolute atomic E-state index is 0.0947. The summed E-state index contributed by atoms with van der Waals surface area (Å²) in [7, 11) is 1.61. The molecular formula is C14H19N3O2. The van der Waals surface area contributed by atoms with Gasteiger partial charge < -0.3 is 11.1 Å². The van der Waals surface area contributed by atoms with Gasteiger partial charge in [-0.25, -0.2) is 0 Å². The molecule has 5 nitrogen and oxygen atoms in total. The van der Waals surface area contributed by atoms with Crippen LogP contribution in [0.25, 0.3) is 0 Å². The van der Waals surface area contributed by atoms with E-state index in [9.17, 15) is 9.59 Å². The maximum atomic E-state index is 11.4. The molecule has 0 heterocycles. The lowest BCUT2D eigenvalue weighted by molar-refractivity contribution is -0.119. The third kappa shape index (κ3) is 3.79. The number of nitrogens with two attached hydrogens (primary N) is 1. The fourth-order valence-electron chi connectivity index (χ4n) is 2.09. The van der Waals surface area contributed by atoms with Crippen molar-refractivity contribution < 1.29 is 9.59 Å². The summed E-state index contributed by atoms with van der Waals surface area (Å²) in [6, 6.07) is 7.90. The van der Waals surface area contributed by atoms with Crippen molar-refractivity contribution in [3.63, 3.8) is 0 Å². The number of rotatable bonds is 6. The van der Waals surface area contributed by atoms with E-state index in [2.05, 4.69) is 10.2 Å². The Morgan fingerprint density at radius 3 is 2.42 bits per heavy atom. The van der Waals surface area contributed by atoms with Crippen molar-refractivity contribution in [2.75, 3.05) is 13.6 Å². The Bertz CT molecular complexity index is 466. The van der Waals surface area contributed by atoms with Crippen molar-refractivity contribution in [3.8, 4) is 0 Å². The van der Waals surface area contributed by atoms with Crippen molar-refractivity contribution in [2.24, 2.45) is 5.73 Å². The Kier molecular flexibility index (Phi) is 4.16. The zero-order valence-corrected chi connectivity index (χ0v) is 11.1. The molecule has 0 aliphatic heterocycles. The summed E-state index contributed by atoms with van der Waals surface area (Å²) in [5.74, 6) is -0.392. The number of carbonyl (C=O) groups is 2. The van der Waals surface area contributed by atoms with Gasteiger partial charge in [0.2, 0.25) is 5.91 Å². The molecule has 1 aromatic rings. The number of carbonyl (C=O) groups excluding carboxylic acids is 2. The molecule has 1 aliphatic rings. The SMILES string of the molecule is CNC(=O)c1ccc(CN(CC(N)=O)C2CC2)cc1. The van der Waals surface area contributed by atoms with Crippen LogP contribution in [0.2, 0.25) is 0 Å². The van der Waals surface area contributed by atoms with Crippen LogP contribution in [0.15, 0.2) is 24.3 Å². The highest BCUT2D eigenvalue weighted by atomic mass is 16.2. The number of hydrogen-bond donors (Lipinski definition) is 2. The van der Waals surface area contributed by atoms with Crippen LogP contribution in [-0.2, 0) is 11.3 Å². The molecule has 1 aromatic carbocycles. The molecule has 2 amide bonds. The summed E-state index contributed by atoms with van der Waals surface area (Å²) < 4.78 is 0. The van der Waals surface area contributed by atoms with Gasteiger partial charge in [-0.15, -0.1) is 0 Å². The van der Waals surface area contributed by atoms with E-state index in [0.717, 1.165) is 18.4 Å². The largest absolute Gasteiger partial charge is 0.369 e. The number of hydrogen-bond acceptors (Lipinski definition) is 3. The second kappa shape index (κ2) is 5.84. The van der Waals surface area contributed by atoms with Crippen molar-refractivity contribution in [1.29, 1.82) is 0 Å². The lowest BCUT2D eigenvalue weighted by atomic mass is 10.1. The van der Waals surface area contributed by atoms with Gasteiger partial charge in [0, 0.05) is 25.2 Å². The molecule has 1 fully saturated rings. The zero-order valence-electron chi connectivity index (χ0n) is 11.1. The number of nitrogens with one attached hydrogen (secondary N) is 1. The summed E-state index contributed by atoms with van der Waals surface area (Å²) in [5.41, 5.74) is 6.98. The van der Waals surface area contributed by atoms with Crippen LogP contribution in [0.1, 0.15) is 28.8 Å². The molecular weight excluding hydrogens is 242 g/mol. The predicted octanol–water partition coefficient (Wildman–Crippen LogP) is 0.496. The summed E-state index contributed by atoms with van der Waals surface area (Å²) in [5, 5.41) is 2.59. The Balaban J connectivity index is 2.01. The second-order valence-corrected chi connectivity index (χ2v) is 4.88. The van der Waals surface area contributed by atoms with Gasteiger partial charge in [-0.2, -0.15) is 0 Å². The lowest BCUT2D eigenvalue weighted by Gasteiger charge is -2.20. The predicted molar refractivity (Wildman–Crippen MR) is 72.5 cm³/mol. The van der Waals surface area contributed by atoms with Gasteiger partial charge >= 0.3 is 0 Å². The standard InChI is InChI=1S/C14H19N3O2/c1-16-14(19)11-4-2-10(3-5-11)8-17(9-13(15)18)12-6-7-12/h2-5,12H,6-9H2,1H3,(H2,15,18)(H,16,19). The third-order valence-corrected chi connectivity index (χ3v) is 3.25. The van der Waals surface area contributed by atoms with Crippen molar-refractivity contribution >= 4 is 11.8 Å². The highest BCUT2D eigenvalue weighted by Crippen LogP contribution is 2.27. The minimum atomic E-state index is -0.297. The van der Waals surface area contributed by atoms with Gasteiger partial charge in [0.05, 0.1) is 6.54 Å². The van der Waals surface area contributed by atoms with Crippen LogP contribution in [0.4, 0.5) is 0 Å². The van der Waals surface area contributed by atoms with E-state index >= 15 is 0 Å². The molecule has 1 aliphatic carbocycles. The number of amides is 2. The fraction of sp³-hybridized carbons (Fsp3) is 0.429. The van der Waals surface area contributed by atoms with Gasteiger partial charge in [-0.1, -0.05) is 12.1 Å². The molecule has 5 heteroatoms. The quantitative estimate of drug-likeness (QED) is 0.783. The molecule has 102 valence electrons. The van der Waals surface area contributed by atoms with Crippen LogP contribution in [-0.4, -0.2) is 36.3 Å². The lowest BCUT2D eigenvalue weighted by Crippen LogP contribution is -2.34. The summed E-state index contributed by atoms with van der Waals surface area (Å²) in [6.45, 7) is 0.990. The number of nitrogens with zero attached hydrogens (tertiary/aromatic N) is 1. The van der Waals surface area contributed by atoms with E-state index in [1.807, 2.05) is 12.1 Å². The monoisotopic (exact) mass is 261 g/mol. The molecule has 3 N–H and O–H groups in total. The van der Waals surface area contributed by atoms with Crippen LogP contribution >= 0.6 is 0 Å². The van der Waals surface area contributed by atoms with Crippen LogP contribution in [0, 0.1) is 0 Å². The van der Waals surface area contributed by atoms with E-state index in [1.54, 1.807) is 19.2 Å². The van der Waals surface area contributed by atoms with Gasteiger partial charge in [0.1, 0.15) is 0 Å². The molecule has 0 radical (unpaired) electrons. The molecule has 1 saturated carbocycles. The summed E-state index contributed by atoms with van der Waals surface area (Å²) >= 11 is 0. The van der Waals surface area contributed by atoms with E-state index < -0.39 is 0 Å². The molecule has 0 bridgehead atoms. The molecule has 0 spiro atoms. The van der Waals surface area contributed by atoms with Crippen LogP contribution < -0.4 is 11.1 Å². The smallest absolute Gasteiger partial charge is 0.251 e. The number of benzene rings is 1. The molecule has 19 heavy (non-hydrogen) atoms. The minimum Gasteiger partial charge on any atom is -0.369 e. The first-order chi connectivity index (χ1) is 9.10. The second-order valence-electron chi connectivity index (χ2n) is 4.88. The average Bonchev–Trinajstić information content (AvgIpc) is 3.21. The Morgan fingerprint density at radius 2 is 1.95 bits per heavy atom. The Hall–Kier alpha value is -1.88. The molecule has 0 unspecified atom stereocenters. The fourth-order valence-corrected chi connectivity index (χ4v) is 2.09. The van der Waals surface area contributed by atoms with E-state index in [0.29, 0.717) is 24.7 Å². The topological polar surface area (TPSA) is 75.4 Å².